The predicted molar refractivity (Wildman–Crippen MR) is 424 cm³/mol. The molecular formula is C81H105FN18O16. The van der Waals surface area contributed by atoms with E-state index in [4.69, 9.17) is 10.5 Å². The predicted octanol–water partition coefficient (Wildman–Crippen LogP) is 1.74. The van der Waals surface area contributed by atoms with Crippen LogP contribution in [0.2, 0.25) is 0 Å². The van der Waals surface area contributed by atoms with Gasteiger partial charge in [0, 0.05) is 49.8 Å². The smallest absolute Gasteiger partial charge is 0.305 e. The molecule has 0 bridgehead atoms. The van der Waals surface area contributed by atoms with Crippen molar-refractivity contribution in [3.05, 3.63) is 179 Å². The summed E-state index contributed by atoms with van der Waals surface area (Å²) in [5.74, 6) is -13.1. The van der Waals surface area contributed by atoms with E-state index < -0.39 is 168 Å². The Balaban J connectivity index is 1.06. The van der Waals surface area contributed by atoms with Crippen LogP contribution < -0.4 is 69.0 Å². The van der Waals surface area contributed by atoms with E-state index in [-0.39, 0.29) is 30.8 Å². The van der Waals surface area contributed by atoms with Crippen molar-refractivity contribution in [1.82, 2.24) is 83.8 Å². The Morgan fingerprint density at radius 2 is 1.27 bits per heavy atom. The Hall–Kier alpha value is -12.4. The van der Waals surface area contributed by atoms with Crippen LogP contribution in [0.25, 0.3) is 11.1 Å². The minimum atomic E-state index is -2.36. The van der Waals surface area contributed by atoms with E-state index in [1.807, 2.05) is 69.3 Å². The van der Waals surface area contributed by atoms with Crippen LogP contribution in [-0.2, 0) is 96.1 Å². The molecule has 622 valence electrons. The van der Waals surface area contributed by atoms with Gasteiger partial charge in [-0.3, -0.25) is 57.5 Å². The summed E-state index contributed by atoms with van der Waals surface area (Å²) in [5, 5.41) is 73.1. The molecule has 2 aromatic heterocycles. The monoisotopic (exact) mass is 1600 g/mol. The van der Waals surface area contributed by atoms with Gasteiger partial charge >= 0.3 is 5.97 Å². The Bertz CT molecular complexity index is 4490. The van der Waals surface area contributed by atoms with Gasteiger partial charge in [-0.05, 0) is 164 Å². The number of aliphatic carboxylic acids is 1. The average Bonchev–Trinajstić information content (AvgIpc) is 2.11. The molecule has 0 saturated heterocycles. The van der Waals surface area contributed by atoms with Crippen molar-refractivity contribution in [3.63, 3.8) is 0 Å². The summed E-state index contributed by atoms with van der Waals surface area (Å²) in [6, 6.07) is 20.8. The molecule has 2 heterocycles. The van der Waals surface area contributed by atoms with E-state index in [1.54, 1.807) is 48.7 Å². The normalized spacial score (nSPS) is 14.1. The molecule has 10 atom stereocenters. The van der Waals surface area contributed by atoms with Crippen LogP contribution in [0.3, 0.4) is 0 Å². The van der Waals surface area contributed by atoms with Gasteiger partial charge in [-0.15, -0.1) is 10.2 Å². The summed E-state index contributed by atoms with van der Waals surface area (Å²) in [6.45, 7) is 13.2. The molecule has 0 unspecified atom stereocenters. The van der Waals surface area contributed by atoms with Gasteiger partial charge in [-0.2, -0.15) is 5.21 Å². The van der Waals surface area contributed by atoms with Crippen LogP contribution in [-0.4, -0.2) is 203 Å². The molecule has 18 N–H and O–H groups in total. The number of ether oxygens (including phenoxy) is 1. The number of carboxylic acid groups (broad SMARTS) is 1. The summed E-state index contributed by atoms with van der Waals surface area (Å²) in [6.07, 6.45) is 0.776. The quantitative estimate of drug-likeness (QED) is 0.0191. The highest BCUT2D eigenvalue weighted by molar-refractivity contribution is 6.06. The zero-order valence-electron chi connectivity index (χ0n) is 66.3. The van der Waals surface area contributed by atoms with Crippen molar-refractivity contribution >= 4 is 76.6 Å². The number of nitrogens with one attached hydrogen (secondary N) is 13. The lowest BCUT2D eigenvalue weighted by Crippen LogP contribution is -2.66. The third-order valence-electron chi connectivity index (χ3n) is 19.1. The fraction of sp³-hybridized carbons (Fsp3) is 0.432. The van der Waals surface area contributed by atoms with Crippen molar-refractivity contribution < 1.29 is 82.0 Å². The van der Waals surface area contributed by atoms with E-state index in [0.29, 0.717) is 55.8 Å². The van der Waals surface area contributed by atoms with Crippen molar-refractivity contribution in [3.8, 4) is 16.9 Å². The first-order valence-corrected chi connectivity index (χ1v) is 38.2. The lowest BCUT2D eigenvalue weighted by molar-refractivity contribution is -0.143. The molecule has 0 fully saturated rings. The fourth-order valence-electron chi connectivity index (χ4n) is 12.5. The second kappa shape index (κ2) is 43.8. The third-order valence-corrected chi connectivity index (χ3v) is 19.1. The summed E-state index contributed by atoms with van der Waals surface area (Å²) < 4.78 is 21.6. The second-order valence-electron chi connectivity index (χ2n) is 29.2. The molecule has 0 aliphatic rings. The number of tetrazole rings is 1. The largest absolute Gasteiger partial charge is 0.494 e. The second-order valence-corrected chi connectivity index (χ2v) is 29.2. The maximum Gasteiger partial charge on any atom is 0.305 e. The standard InChI is InChI=1S/C81H105FN18O16/c1-10-53-39-58(116-34-17-16-32-83)29-30-59(53)54-27-25-51(26-28-54)38-62(73(109)90-61(72(108)89-56-21-12-11-13-22-56)24-18-19-52-36-46(2)35-47(3)37-52)92-74(110)64(41-67(104)105)91-70(106)48(4)88-75(111)68(49(5)101)95-79(115)81(9,42-55-20-14-15-23-60(55)82)96-76(112)69(50(6)102)94-66(103)44-86-71(107)63(40-65-97-99-100-98-65)93-78(114)80(7,8)77(113)85-33-31-57-43-84-45-87-57/h11-15,20-23,25-30,35-37,39,43,45,48-50,61-64,68-69,101-102H,10,16-19,24,31-34,38,40-42,44,83H2,1-9H3,(H,84,87)(H,85,113)(H,86,107)(H,88,111)(H,89,108)(H,90,109)(H,91,106)(H,92,110)(H,93,114)(H,94,103)(H,95,115)(H,96,112)(H,104,105)(H,97,98,99,100)/t48-,49+,50+,61-,62-,63-,64-,68-,69-,81-/m0/s1. The number of carboxylic acids is 1. The number of aromatic nitrogens is 6. The lowest BCUT2D eigenvalue weighted by atomic mass is 9.90. The molecule has 7 aromatic rings. The van der Waals surface area contributed by atoms with Gasteiger partial charge in [0.15, 0.2) is 5.82 Å². The number of rotatable bonds is 45. The van der Waals surface area contributed by atoms with Crippen LogP contribution in [0.15, 0.2) is 128 Å². The maximum atomic E-state index is 15.6. The van der Waals surface area contributed by atoms with Crippen molar-refractivity contribution in [2.45, 2.75) is 193 Å². The number of aliphatic hydroxyl groups excluding tert-OH is 2. The minimum absolute atomic E-state index is 0.0555. The number of H-pyrrole nitrogens is 2. The van der Waals surface area contributed by atoms with E-state index in [0.717, 1.165) is 85.7 Å². The number of amides is 11. The molecule has 35 heteroatoms. The Kier molecular flexibility index (Phi) is 34.3. The van der Waals surface area contributed by atoms with Crippen LogP contribution in [0.1, 0.15) is 125 Å². The number of unbranched alkanes of at least 4 members (excludes halogenated alkanes) is 1. The van der Waals surface area contributed by atoms with Crippen LogP contribution in [0.4, 0.5) is 10.1 Å². The maximum absolute atomic E-state index is 15.6. The highest BCUT2D eigenvalue weighted by Gasteiger charge is 2.43. The number of benzene rings is 5. The first kappa shape index (κ1) is 90.8. The van der Waals surface area contributed by atoms with E-state index >= 15 is 4.39 Å². The summed E-state index contributed by atoms with van der Waals surface area (Å²) >= 11 is 0. The van der Waals surface area contributed by atoms with Gasteiger partial charge in [0.05, 0.1) is 38.1 Å². The number of aromatic amines is 2. The van der Waals surface area contributed by atoms with Gasteiger partial charge in [0.25, 0.3) is 0 Å². The number of aliphatic hydroxyl groups is 2. The van der Waals surface area contributed by atoms with Crippen molar-refractivity contribution in [1.29, 1.82) is 0 Å². The first-order valence-electron chi connectivity index (χ1n) is 38.2. The zero-order chi connectivity index (χ0) is 84.8. The van der Waals surface area contributed by atoms with Gasteiger partial charge in [0.2, 0.25) is 65.0 Å². The topological polar surface area (TPSA) is 516 Å². The molecule has 11 amide bonds. The SMILES string of the molecule is CCc1cc(OCCCCN)ccc1-c1ccc(C[C@H](NC(=O)[C@H](CC(=O)O)NC(=O)[C@H](C)NC(=O)[C@@H](NC(=O)[C@](C)(Cc2ccccc2F)NC(=O)[C@@H](NC(=O)CNC(=O)[C@H](Cc2nn[nH]n2)NC(=O)C(C)(C)C(=O)NCCc2cnc[nH]2)[C@@H](C)O)[C@@H](C)O)C(=O)N[C@@H](CCCc2cc(C)cc(C)c2)C(=O)Nc2ccccc2)cc1. The Morgan fingerprint density at radius 1 is 0.612 bits per heavy atom. The van der Waals surface area contributed by atoms with Crippen LogP contribution in [0.5, 0.6) is 5.75 Å². The molecule has 5 aromatic carbocycles. The van der Waals surface area contributed by atoms with Crippen molar-refractivity contribution in [2.75, 3.05) is 31.6 Å². The number of para-hydroxylation sites is 1. The Morgan fingerprint density at radius 3 is 1.91 bits per heavy atom. The molecule has 0 spiro atoms. The number of nitrogens with two attached hydrogens (primary N) is 1. The van der Waals surface area contributed by atoms with E-state index in [1.165, 1.54) is 38.4 Å². The number of halogens is 1. The summed E-state index contributed by atoms with van der Waals surface area (Å²) in [5.41, 5.74) is 8.87. The highest BCUT2D eigenvalue weighted by atomic mass is 19.1. The van der Waals surface area contributed by atoms with Crippen LogP contribution >= 0.6 is 0 Å². The summed E-state index contributed by atoms with van der Waals surface area (Å²) in [7, 11) is 0. The molecule has 7 rings (SSSR count). The fourth-order valence-corrected chi connectivity index (χ4v) is 12.5. The molecule has 0 saturated carbocycles. The molecule has 116 heavy (non-hydrogen) atoms. The first-order chi connectivity index (χ1) is 55.2. The zero-order valence-corrected chi connectivity index (χ0v) is 66.3. The van der Waals surface area contributed by atoms with Gasteiger partial charge in [-0.1, -0.05) is 108 Å². The number of hydrogen-bond donors (Lipinski definition) is 17. The number of hydrogen-bond acceptors (Lipinski definition) is 20. The number of anilines is 1. The van der Waals surface area contributed by atoms with E-state index in [9.17, 15) is 72.9 Å². The molecule has 0 aliphatic heterocycles. The Labute approximate surface area is 670 Å². The average molecular weight is 1610 g/mol. The highest BCUT2D eigenvalue weighted by Crippen LogP contribution is 2.30. The minimum Gasteiger partial charge on any atom is -0.494 e. The number of nitrogens with zero attached hydrogens (tertiary/aromatic N) is 4. The van der Waals surface area contributed by atoms with Gasteiger partial charge in [-0.25, -0.2) is 9.37 Å². The van der Waals surface area contributed by atoms with Crippen LogP contribution in [0, 0.1) is 25.1 Å². The molecule has 34 nitrogen and oxygen atoms in total. The van der Waals surface area contributed by atoms with Gasteiger partial charge in [0.1, 0.15) is 64.8 Å². The number of aryl methyl sites for hydroxylation is 4. The molecule has 0 radical (unpaired) electrons. The van der Waals surface area contributed by atoms with E-state index in [2.05, 4.69) is 89.1 Å². The number of carbonyl (C=O) groups excluding carboxylic acids is 11. The molecular weight excluding hydrogens is 1500 g/mol. The lowest BCUT2D eigenvalue weighted by Gasteiger charge is -2.34. The van der Waals surface area contributed by atoms with Gasteiger partial charge < -0.3 is 89.3 Å². The van der Waals surface area contributed by atoms with Crippen molar-refractivity contribution in [2.24, 2.45) is 11.1 Å². The number of imidazole rings is 1. The number of carbonyl (C=O) groups is 12. The molecule has 0 aliphatic carbocycles. The third kappa shape index (κ3) is 27.7. The summed E-state index contributed by atoms with van der Waals surface area (Å²) in [4.78, 5) is 175.